The lowest BCUT2D eigenvalue weighted by Crippen LogP contribution is -2.27. The van der Waals surface area contributed by atoms with Gasteiger partial charge in [-0.05, 0) is 44.7 Å². The van der Waals surface area contributed by atoms with Gasteiger partial charge in [0.15, 0.2) is 0 Å². The molecule has 1 aliphatic carbocycles. The third-order valence-electron chi connectivity index (χ3n) is 4.48. The Morgan fingerprint density at radius 3 is 2.88 bits per heavy atom. The highest BCUT2D eigenvalue weighted by Gasteiger charge is 2.20. The zero-order valence-electron chi connectivity index (χ0n) is 13.9. The number of benzene rings is 1. The van der Waals surface area contributed by atoms with E-state index in [2.05, 4.69) is 15.3 Å². The van der Waals surface area contributed by atoms with Gasteiger partial charge in [-0.25, -0.2) is 14.4 Å². The smallest absolute Gasteiger partial charge is 0.270 e. The Balaban J connectivity index is 1.55. The summed E-state index contributed by atoms with van der Waals surface area (Å²) in [7, 11) is 0. The van der Waals surface area contributed by atoms with E-state index in [1.54, 1.807) is 35.6 Å². The number of thiazole rings is 1. The molecule has 0 unspecified atom stereocenters. The van der Waals surface area contributed by atoms with E-state index in [0.717, 1.165) is 17.8 Å². The summed E-state index contributed by atoms with van der Waals surface area (Å²) in [4.78, 5) is 22.7. The molecule has 1 amide bonds. The molecule has 0 saturated heterocycles. The highest BCUT2D eigenvalue weighted by Crippen LogP contribution is 2.29. The number of aromatic nitrogens is 2. The third kappa shape index (κ3) is 3.14. The van der Waals surface area contributed by atoms with E-state index < -0.39 is 5.82 Å². The molecule has 0 saturated carbocycles. The minimum Gasteiger partial charge on any atom is -0.342 e. The number of hydrogen-bond donors (Lipinski definition) is 1. The Morgan fingerprint density at radius 2 is 2.04 bits per heavy atom. The fourth-order valence-corrected chi connectivity index (χ4v) is 4.28. The van der Waals surface area contributed by atoms with Crippen molar-refractivity contribution in [3.05, 3.63) is 57.4 Å². The van der Waals surface area contributed by atoms with Crippen molar-refractivity contribution >= 4 is 28.1 Å². The van der Waals surface area contributed by atoms with Crippen LogP contribution in [-0.4, -0.2) is 15.9 Å². The van der Waals surface area contributed by atoms with Crippen LogP contribution in [0.3, 0.4) is 0 Å². The first-order chi connectivity index (χ1) is 12.1. The van der Waals surface area contributed by atoms with E-state index in [9.17, 15) is 9.18 Å². The van der Waals surface area contributed by atoms with Gasteiger partial charge in [-0.2, -0.15) is 0 Å². The molecule has 4 rings (SSSR count). The van der Waals surface area contributed by atoms with Gasteiger partial charge in [0.25, 0.3) is 5.91 Å². The van der Waals surface area contributed by atoms with Crippen LogP contribution in [0, 0.1) is 5.82 Å². The Bertz CT molecular complexity index is 929. The van der Waals surface area contributed by atoms with Crippen LogP contribution in [0.25, 0.3) is 10.9 Å². The number of carbonyl (C=O) groups is 1. The van der Waals surface area contributed by atoms with Gasteiger partial charge >= 0.3 is 0 Å². The zero-order valence-corrected chi connectivity index (χ0v) is 14.7. The molecule has 0 radical (unpaired) electrons. The number of amides is 1. The summed E-state index contributed by atoms with van der Waals surface area (Å²) >= 11 is 1.68. The molecule has 2 heterocycles. The summed E-state index contributed by atoms with van der Waals surface area (Å²) in [5.74, 6) is -0.737. The number of pyridine rings is 1. The van der Waals surface area contributed by atoms with Gasteiger partial charge in [0.2, 0.25) is 0 Å². The lowest BCUT2D eigenvalue weighted by atomic mass is 10.0. The second-order valence-electron chi connectivity index (χ2n) is 6.33. The minimum absolute atomic E-state index is 0.193. The Kier molecular flexibility index (Phi) is 4.21. The van der Waals surface area contributed by atoms with Gasteiger partial charge in [-0.15, -0.1) is 11.3 Å². The number of nitrogens with zero attached hydrogens (tertiary/aromatic N) is 2. The standard InChI is InChI=1S/C19H18FN3OS/c1-11(19-23-14-7-2-3-8-16(14)25-19)21-18(24)15-10-9-12-5-4-6-13(20)17(12)22-15/h4-6,9-11H,2-3,7-8H2,1H3,(H,21,24)/t11-/m0/s1. The summed E-state index contributed by atoms with van der Waals surface area (Å²) in [6.07, 6.45) is 4.50. The van der Waals surface area contributed by atoms with E-state index in [1.807, 2.05) is 6.92 Å². The second kappa shape index (κ2) is 6.52. The molecule has 1 aliphatic rings. The van der Waals surface area contributed by atoms with Gasteiger partial charge in [0.1, 0.15) is 22.0 Å². The Hall–Kier alpha value is -2.34. The zero-order chi connectivity index (χ0) is 17.4. The molecule has 4 nitrogen and oxygen atoms in total. The summed E-state index contributed by atoms with van der Waals surface area (Å²) in [5, 5.41) is 4.53. The van der Waals surface area contributed by atoms with Crippen molar-refractivity contribution in [2.45, 2.75) is 38.6 Å². The largest absolute Gasteiger partial charge is 0.342 e. The van der Waals surface area contributed by atoms with Crippen LogP contribution in [-0.2, 0) is 12.8 Å². The van der Waals surface area contributed by atoms with Crippen LogP contribution in [0.15, 0.2) is 30.3 Å². The molecule has 1 aromatic carbocycles. The highest BCUT2D eigenvalue weighted by molar-refractivity contribution is 7.11. The van der Waals surface area contributed by atoms with Crippen molar-refractivity contribution in [2.24, 2.45) is 0 Å². The van der Waals surface area contributed by atoms with E-state index in [-0.39, 0.29) is 23.2 Å². The fraction of sp³-hybridized carbons (Fsp3) is 0.316. The number of nitrogens with one attached hydrogen (secondary N) is 1. The van der Waals surface area contributed by atoms with Crippen LogP contribution in [0.1, 0.15) is 51.9 Å². The van der Waals surface area contributed by atoms with Crippen LogP contribution in [0.4, 0.5) is 4.39 Å². The molecule has 0 aliphatic heterocycles. The van der Waals surface area contributed by atoms with Crippen molar-refractivity contribution in [1.82, 2.24) is 15.3 Å². The van der Waals surface area contributed by atoms with Gasteiger partial charge in [0.05, 0.1) is 11.7 Å². The average molecular weight is 355 g/mol. The first-order valence-electron chi connectivity index (χ1n) is 8.46. The molecule has 1 N–H and O–H groups in total. The molecule has 0 fully saturated rings. The van der Waals surface area contributed by atoms with Crippen LogP contribution < -0.4 is 5.32 Å². The SMILES string of the molecule is C[C@H](NC(=O)c1ccc2cccc(F)c2n1)c1nc2c(s1)CCCC2. The molecule has 1 atom stereocenters. The van der Waals surface area contributed by atoms with Crippen LogP contribution in [0.5, 0.6) is 0 Å². The molecular formula is C19H18FN3OS. The number of halogens is 1. The Labute approximate surface area is 149 Å². The van der Waals surface area contributed by atoms with E-state index in [1.165, 1.54) is 29.5 Å². The monoisotopic (exact) mass is 355 g/mol. The molecular weight excluding hydrogens is 337 g/mol. The van der Waals surface area contributed by atoms with Gasteiger partial charge in [0, 0.05) is 10.3 Å². The number of para-hydroxylation sites is 1. The number of rotatable bonds is 3. The van der Waals surface area contributed by atoms with E-state index in [0.29, 0.717) is 5.39 Å². The molecule has 128 valence electrons. The Morgan fingerprint density at radius 1 is 1.20 bits per heavy atom. The number of aryl methyl sites for hydroxylation is 2. The van der Waals surface area contributed by atoms with Gasteiger partial charge in [-0.3, -0.25) is 4.79 Å². The summed E-state index contributed by atoms with van der Waals surface area (Å²) in [5.41, 5.74) is 1.61. The molecule has 0 spiro atoms. The van der Waals surface area contributed by atoms with Crippen molar-refractivity contribution in [1.29, 1.82) is 0 Å². The summed E-state index contributed by atoms with van der Waals surface area (Å²) in [6, 6.07) is 7.89. The maximum atomic E-state index is 13.9. The first kappa shape index (κ1) is 16.1. The average Bonchev–Trinajstić information content (AvgIpc) is 3.06. The number of hydrogen-bond acceptors (Lipinski definition) is 4. The molecule has 0 bridgehead atoms. The molecule has 3 aromatic rings. The summed E-state index contributed by atoms with van der Waals surface area (Å²) < 4.78 is 13.9. The lowest BCUT2D eigenvalue weighted by molar-refractivity contribution is 0.0935. The highest BCUT2D eigenvalue weighted by atomic mass is 32.1. The fourth-order valence-electron chi connectivity index (χ4n) is 3.13. The molecule has 2 aromatic heterocycles. The van der Waals surface area contributed by atoms with Crippen molar-refractivity contribution in [3.8, 4) is 0 Å². The van der Waals surface area contributed by atoms with Crippen molar-refractivity contribution in [3.63, 3.8) is 0 Å². The van der Waals surface area contributed by atoms with Gasteiger partial charge < -0.3 is 5.32 Å². The third-order valence-corrected chi connectivity index (χ3v) is 5.82. The normalized spacial score (nSPS) is 15.0. The quantitative estimate of drug-likeness (QED) is 0.766. The number of carbonyl (C=O) groups excluding carboxylic acids is 1. The maximum absolute atomic E-state index is 13.9. The molecule has 6 heteroatoms. The molecule has 25 heavy (non-hydrogen) atoms. The van der Waals surface area contributed by atoms with E-state index >= 15 is 0 Å². The van der Waals surface area contributed by atoms with Crippen molar-refractivity contribution < 1.29 is 9.18 Å². The minimum atomic E-state index is -0.423. The van der Waals surface area contributed by atoms with Crippen molar-refractivity contribution in [2.75, 3.05) is 0 Å². The van der Waals surface area contributed by atoms with Crippen LogP contribution >= 0.6 is 11.3 Å². The van der Waals surface area contributed by atoms with Gasteiger partial charge in [-0.1, -0.05) is 18.2 Å². The maximum Gasteiger partial charge on any atom is 0.270 e. The van der Waals surface area contributed by atoms with Crippen LogP contribution in [0.2, 0.25) is 0 Å². The summed E-state index contributed by atoms with van der Waals surface area (Å²) in [6.45, 7) is 1.92. The first-order valence-corrected chi connectivity index (χ1v) is 9.28. The van der Waals surface area contributed by atoms with E-state index in [4.69, 9.17) is 0 Å². The predicted octanol–water partition coefficient (Wildman–Crippen LogP) is 4.20. The predicted molar refractivity (Wildman–Crippen MR) is 96.3 cm³/mol. The number of fused-ring (bicyclic) bond motifs is 2. The second-order valence-corrected chi connectivity index (χ2v) is 7.45. The lowest BCUT2D eigenvalue weighted by Gasteiger charge is -2.11. The topological polar surface area (TPSA) is 54.9 Å².